The number of benzene rings is 2. The molecule has 1 aliphatic rings. The fraction of sp³-hybridized carbons (Fsp3) is 0.286. The van der Waals surface area contributed by atoms with Gasteiger partial charge in [-0.1, -0.05) is 18.2 Å². The molecule has 7 nitrogen and oxygen atoms in total. The average Bonchev–Trinajstić information content (AvgIpc) is 2.65. The molecule has 0 fully saturated rings. The summed E-state index contributed by atoms with van der Waals surface area (Å²) >= 11 is 0. The lowest BCUT2D eigenvalue weighted by Gasteiger charge is -2.25. The molecule has 0 atom stereocenters. The van der Waals surface area contributed by atoms with Crippen LogP contribution in [-0.2, 0) is 19.4 Å². The lowest BCUT2D eigenvalue weighted by molar-refractivity contribution is -0.118. The van der Waals surface area contributed by atoms with E-state index < -0.39 is 15.7 Å². The van der Waals surface area contributed by atoms with E-state index >= 15 is 0 Å². The lowest BCUT2D eigenvalue weighted by Crippen LogP contribution is -2.36. The van der Waals surface area contributed by atoms with Crippen molar-refractivity contribution in [3.63, 3.8) is 0 Å². The summed E-state index contributed by atoms with van der Waals surface area (Å²) in [6, 6.07) is 10.3. The van der Waals surface area contributed by atoms with Gasteiger partial charge < -0.3 is 5.32 Å². The van der Waals surface area contributed by atoms with Gasteiger partial charge in [-0.3, -0.25) is 9.59 Å². The molecular formula is C21H23N3O4S. The quantitative estimate of drug-likeness (QED) is 0.833. The van der Waals surface area contributed by atoms with Crippen LogP contribution in [0.4, 0.5) is 11.4 Å². The third-order valence-electron chi connectivity index (χ3n) is 4.77. The van der Waals surface area contributed by atoms with Crippen molar-refractivity contribution in [1.82, 2.24) is 0 Å². The second-order valence-corrected chi connectivity index (χ2v) is 9.26. The molecule has 2 aromatic carbocycles. The largest absolute Gasteiger partial charge is 0.321 e. The van der Waals surface area contributed by atoms with Crippen molar-refractivity contribution in [3.8, 4) is 0 Å². The zero-order chi connectivity index (χ0) is 21.3. The van der Waals surface area contributed by atoms with Gasteiger partial charge >= 0.3 is 0 Å². The number of sulfone groups is 1. The van der Waals surface area contributed by atoms with Gasteiger partial charge in [0.25, 0.3) is 5.91 Å². The molecule has 0 saturated carbocycles. The molecule has 3 rings (SSSR count). The number of hydrogen-bond acceptors (Lipinski definition) is 5. The Hall–Kier alpha value is -3.00. The molecule has 2 amide bonds. The van der Waals surface area contributed by atoms with E-state index in [2.05, 4.69) is 10.4 Å². The number of aryl methyl sites for hydroxylation is 3. The molecular weight excluding hydrogens is 390 g/mol. The predicted octanol–water partition coefficient (Wildman–Crippen LogP) is 3.14. The molecule has 0 bridgehead atoms. The van der Waals surface area contributed by atoms with E-state index in [-0.39, 0.29) is 29.4 Å². The van der Waals surface area contributed by atoms with Crippen LogP contribution in [-0.4, -0.2) is 32.2 Å². The maximum Gasteiger partial charge on any atom is 0.271 e. The van der Waals surface area contributed by atoms with Crippen molar-refractivity contribution in [2.45, 2.75) is 38.5 Å². The molecule has 1 aliphatic heterocycles. The maximum absolute atomic E-state index is 12.8. The molecule has 8 heteroatoms. The molecule has 1 N–H and O–H groups in total. The Kier molecular flexibility index (Phi) is 5.57. The minimum atomic E-state index is -3.40. The highest BCUT2D eigenvalue weighted by Crippen LogP contribution is 2.26. The fourth-order valence-electron chi connectivity index (χ4n) is 3.01. The molecule has 0 spiro atoms. The molecule has 29 heavy (non-hydrogen) atoms. The van der Waals surface area contributed by atoms with Crippen LogP contribution in [0.1, 0.15) is 29.5 Å². The Bertz CT molecular complexity index is 1140. The van der Waals surface area contributed by atoms with E-state index in [1.165, 1.54) is 17.1 Å². The Labute approximate surface area is 170 Å². The van der Waals surface area contributed by atoms with Gasteiger partial charge in [0.1, 0.15) is 5.71 Å². The SMILES string of the molecule is Cc1ccc(C)c(N2N=C(C(=O)Nc3cc(S(C)(=O)=O)ccc3C)CCC2=O)c1. The van der Waals surface area contributed by atoms with Crippen LogP contribution in [0.3, 0.4) is 0 Å². The van der Waals surface area contributed by atoms with Crippen LogP contribution < -0.4 is 10.3 Å². The molecule has 0 saturated heterocycles. The van der Waals surface area contributed by atoms with Crippen molar-refractivity contribution in [1.29, 1.82) is 0 Å². The van der Waals surface area contributed by atoms with Crippen molar-refractivity contribution in [3.05, 3.63) is 53.1 Å². The minimum absolute atomic E-state index is 0.121. The number of carbonyl (C=O) groups is 2. The van der Waals surface area contributed by atoms with E-state index in [9.17, 15) is 18.0 Å². The Morgan fingerprint density at radius 3 is 2.41 bits per heavy atom. The van der Waals surface area contributed by atoms with E-state index in [4.69, 9.17) is 0 Å². The van der Waals surface area contributed by atoms with Crippen molar-refractivity contribution >= 4 is 38.7 Å². The first-order chi connectivity index (χ1) is 13.6. The zero-order valence-electron chi connectivity index (χ0n) is 16.8. The molecule has 0 aliphatic carbocycles. The van der Waals surface area contributed by atoms with Gasteiger partial charge in [0, 0.05) is 24.8 Å². The van der Waals surface area contributed by atoms with Crippen LogP contribution >= 0.6 is 0 Å². The minimum Gasteiger partial charge on any atom is -0.321 e. The second kappa shape index (κ2) is 7.79. The normalized spacial score (nSPS) is 14.6. The number of nitrogens with zero attached hydrogens (tertiary/aromatic N) is 2. The fourth-order valence-corrected chi connectivity index (χ4v) is 3.66. The highest BCUT2D eigenvalue weighted by Gasteiger charge is 2.27. The van der Waals surface area contributed by atoms with Crippen LogP contribution in [0.5, 0.6) is 0 Å². The molecule has 0 unspecified atom stereocenters. The van der Waals surface area contributed by atoms with Gasteiger partial charge in [-0.2, -0.15) is 5.10 Å². The smallest absolute Gasteiger partial charge is 0.271 e. The van der Waals surface area contributed by atoms with E-state index in [1.807, 2.05) is 32.0 Å². The average molecular weight is 413 g/mol. The van der Waals surface area contributed by atoms with Crippen LogP contribution in [0.15, 0.2) is 46.4 Å². The van der Waals surface area contributed by atoms with E-state index in [0.29, 0.717) is 11.4 Å². The number of anilines is 2. The van der Waals surface area contributed by atoms with Gasteiger partial charge in [-0.25, -0.2) is 13.4 Å². The number of rotatable bonds is 4. The Morgan fingerprint density at radius 2 is 1.72 bits per heavy atom. The molecule has 1 heterocycles. The standard InChI is InChI=1S/C21H23N3O4S/c1-13-5-6-15(3)19(11-13)24-20(25)10-9-17(23-24)21(26)22-18-12-16(29(4,27)28)8-7-14(18)2/h5-8,11-12H,9-10H2,1-4H3,(H,22,26). The number of hydrogen-bond donors (Lipinski definition) is 1. The Balaban J connectivity index is 1.91. The van der Waals surface area contributed by atoms with Gasteiger partial charge in [-0.05, 0) is 55.7 Å². The predicted molar refractivity (Wildman–Crippen MR) is 113 cm³/mol. The van der Waals surface area contributed by atoms with Crippen molar-refractivity contribution in [2.24, 2.45) is 5.10 Å². The topological polar surface area (TPSA) is 95.9 Å². The van der Waals surface area contributed by atoms with E-state index in [1.54, 1.807) is 13.0 Å². The highest BCUT2D eigenvalue weighted by atomic mass is 32.2. The molecule has 0 aromatic heterocycles. The van der Waals surface area contributed by atoms with Crippen molar-refractivity contribution < 1.29 is 18.0 Å². The van der Waals surface area contributed by atoms with Gasteiger partial charge in [0.05, 0.1) is 10.6 Å². The summed E-state index contributed by atoms with van der Waals surface area (Å²) in [6.45, 7) is 5.58. The molecule has 0 radical (unpaired) electrons. The zero-order valence-corrected chi connectivity index (χ0v) is 17.6. The summed E-state index contributed by atoms with van der Waals surface area (Å²) in [7, 11) is -3.40. The first-order valence-electron chi connectivity index (χ1n) is 9.16. The van der Waals surface area contributed by atoms with E-state index in [0.717, 1.165) is 22.9 Å². The summed E-state index contributed by atoms with van der Waals surface area (Å²) < 4.78 is 23.6. The van der Waals surface area contributed by atoms with Crippen LogP contribution in [0, 0.1) is 20.8 Å². The number of carbonyl (C=O) groups excluding carboxylic acids is 2. The first kappa shape index (κ1) is 20.7. The number of amides is 2. The molecule has 2 aromatic rings. The number of hydrazone groups is 1. The Morgan fingerprint density at radius 1 is 1.03 bits per heavy atom. The van der Waals surface area contributed by atoms with Gasteiger partial charge in [-0.15, -0.1) is 0 Å². The van der Waals surface area contributed by atoms with Gasteiger partial charge in [0.15, 0.2) is 9.84 Å². The summed E-state index contributed by atoms with van der Waals surface area (Å²) in [5, 5.41) is 8.31. The summed E-state index contributed by atoms with van der Waals surface area (Å²) in [4.78, 5) is 25.3. The van der Waals surface area contributed by atoms with Crippen molar-refractivity contribution in [2.75, 3.05) is 16.6 Å². The molecule has 152 valence electrons. The highest BCUT2D eigenvalue weighted by molar-refractivity contribution is 7.90. The second-order valence-electron chi connectivity index (χ2n) is 7.25. The summed E-state index contributed by atoms with van der Waals surface area (Å²) in [5.41, 5.74) is 3.86. The van der Waals surface area contributed by atoms with Crippen LogP contribution in [0.25, 0.3) is 0 Å². The van der Waals surface area contributed by atoms with Crippen LogP contribution in [0.2, 0.25) is 0 Å². The summed E-state index contributed by atoms with van der Waals surface area (Å²) in [6.07, 6.45) is 1.50. The first-order valence-corrected chi connectivity index (χ1v) is 11.0. The summed E-state index contributed by atoms with van der Waals surface area (Å²) in [5.74, 6) is -0.632. The third kappa shape index (κ3) is 4.54. The lowest BCUT2D eigenvalue weighted by atomic mass is 10.1. The monoisotopic (exact) mass is 413 g/mol. The maximum atomic E-state index is 12.8. The number of nitrogens with one attached hydrogen (secondary N) is 1. The van der Waals surface area contributed by atoms with Gasteiger partial charge in [0.2, 0.25) is 5.91 Å². The third-order valence-corrected chi connectivity index (χ3v) is 5.88.